The molecule has 0 aliphatic carbocycles. The minimum absolute atomic E-state index is 0.457. The molecule has 19 heavy (non-hydrogen) atoms. The number of primary amides is 1. The van der Waals surface area contributed by atoms with Gasteiger partial charge in [-0.2, -0.15) is 5.10 Å². The van der Waals surface area contributed by atoms with Crippen molar-refractivity contribution in [1.82, 2.24) is 15.2 Å². The summed E-state index contributed by atoms with van der Waals surface area (Å²) in [4.78, 5) is 16.2. The van der Waals surface area contributed by atoms with E-state index in [9.17, 15) is 4.79 Å². The topological polar surface area (TPSA) is 84.7 Å². The molecule has 0 spiro atoms. The number of H-pyrrole nitrogens is 1. The van der Waals surface area contributed by atoms with E-state index in [0.29, 0.717) is 16.6 Å². The number of hydrogen-bond acceptors (Lipinski definition) is 3. The molecule has 94 valence electrons. The van der Waals surface area contributed by atoms with Gasteiger partial charge in [-0.05, 0) is 22.6 Å². The van der Waals surface area contributed by atoms with Gasteiger partial charge in [-0.25, -0.2) is 4.98 Å². The molecule has 3 N–H and O–H groups in total. The summed E-state index contributed by atoms with van der Waals surface area (Å²) in [6.07, 6.45) is 1.57. The summed E-state index contributed by atoms with van der Waals surface area (Å²) < 4.78 is 0.741. The van der Waals surface area contributed by atoms with Gasteiger partial charge >= 0.3 is 0 Å². The van der Waals surface area contributed by atoms with Crippen LogP contribution in [0.2, 0.25) is 0 Å². The number of nitrogens with one attached hydrogen (secondary N) is 1. The number of carbonyl (C=O) groups is 1. The lowest BCUT2D eigenvalue weighted by Crippen LogP contribution is -2.14. The highest BCUT2D eigenvalue weighted by Gasteiger charge is 2.18. The molecule has 3 aromatic rings. The maximum atomic E-state index is 11.7. The Morgan fingerprint density at radius 1 is 1.26 bits per heavy atom. The Kier molecular flexibility index (Phi) is 2.94. The molecule has 0 atom stereocenters. The summed E-state index contributed by atoms with van der Waals surface area (Å²) >= 11 is 2.10. The zero-order valence-corrected chi connectivity index (χ0v) is 11.9. The predicted octanol–water partition coefficient (Wildman–Crippen LogP) is 2.33. The van der Waals surface area contributed by atoms with Crippen LogP contribution in [0.25, 0.3) is 22.3 Å². The molecule has 0 aliphatic rings. The largest absolute Gasteiger partial charge is 0.366 e. The highest BCUT2D eigenvalue weighted by Crippen LogP contribution is 2.30. The Morgan fingerprint density at radius 3 is 2.68 bits per heavy atom. The van der Waals surface area contributed by atoms with Gasteiger partial charge in [-0.15, -0.1) is 0 Å². The maximum Gasteiger partial charge on any atom is 0.250 e. The smallest absolute Gasteiger partial charge is 0.250 e. The summed E-state index contributed by atoms with van der Waals surface area (Å²) in [7, 11) is 0. The molecule has 2 aromatic heterocycles. The lowest BCUT2D eigenvalue weighted by Gasteiger charge is -2.08. The number of carbonyl (C=O) groups excluding carboxylic acids is 1. The number of pyridine rings is 1. The minimum atomic E-state index is -0.476. The number of aromatic amines is 1. The van der Waals surface area contributed by atoms with Gasteiger partial charge in [-0.1, -0.05) is 30.3 Å². The average molecular weight is 364 g/mol. The number of nitrogens with zero attached hydrogens (tertiary/aromatic N) is 2. The van der Waals surface area contributed by atoms with Crippen molar-refractivity contribution >= 4 is 39.5 Å². The van der Waals surface area contributed by atoms with Crippen molar-refractivity contribution < 1.29 is 4.79 Å². The second kappa shape index (κ2) is 4.61. The van der Waals surface area contributed by atoms with Crippen molar-refractivity contribution in [2.45, 2.75) is 0 Å². The van der Waals surface area contributed by atoms with E-state index in [-0.39, 0.29) is 0 Å². The first kappa shape index (κ1) is 12.1. The average Bonchev–Trinajstić information content (AvgIpc) is 2.86. The number of benzene rings is 1. The van der Waals surface area contributed by atoms with Crippen LogP contribution >= 0.6 is 22.6 Å². The molecular weight excluding hydrogens is 355 g/mol. The third kappa shape index (κ3) is 1.97. The number of amides is 1. The highest BCUT2D eigenvalue weighted by molar-refractivity contribution is 14.1. The SMILES string of the molecule is NC(=O)c1c(I)c(-c2ccccc2)nc2[nH]ncc12. The van der Waals surface area contributed by atoms with E-state index in [1.807, 2.05) is 30.3 Å². The molecule has 0 fully saturated rings. The minimum Gasteiger partial charge on any atom is -0.366 e. The third-order valence-electron chi connectivity index (χ3n) is 2.83. The second-order valence-corrected chi connectivity index (χ2v) is 5.09. The molecular formula is C13H9IN4O. The first-order valence-corrected chi connectivity index (χ1v) is 6.64. The summed E-state index contributed by atoms with van der Waals surface area (Å²) in [6, 6.07) is 9.66. The lowest BCUT2D eigenvalue weighted by molar-refractivity contribution is 0.100. The van der Waals surface area contributed by atoms with Crippen LogP contribution in [0.3, 0.4) is 0 Å². The van der Waals surface area contributed by atoms with Gasteiger partial charge in [0, 0.05) is 5.56 Å². The molecule has 3 rings (SSSR count). The number of rotatable bonds is 2. The van der Waals surface area contributed by atoms with E-state index in [2.05, 4.69) is 37.8 Å². The molecule has 2 heterocycles. The summed E-state index contributed by atoms with van der Waals surface area (Å²) in [5, 5.41) is 7.35. The number of hydrogen-bond donors (Lipinski definition) is 2. The Morgan fingerprint density at radius 2 is 2.00 bits per heavy atom. The number of nitrogens with two attached hydrogens (primary N) is 1. The molecule has 0 bridgehead atoms. The van der Waals surface area contributed by atoms with Crippen LogP contribution in [0.4, 0.5) is 0 Å². The van der Waals surface area contributed by atoms with E-state index < -0.39 is 5.91 Å². The van der Waals surface area contributed by atoms with Crippen molar-refractivity contribution in [2.75, 3.05) is 0 Å². The van der Waals surface area contributed by atoms with Gasteiger partial charge in [0.1, 0.15) is 0 Å². The molecule has 0 radical (unpaired) electrons. The van der Waals surface area contributed by atoms with Gasteiger partial charge in [0.15, 0.2) is 5.65 Å². The van der Waals surface area contributed by atoms with Crippen LogP contribution in [-0.2, 0) is 0 Å². The molecule has 6 heteroatoms. The van der Waals surface area contributed by atoms with Crippen molar-refractivity contribution in [3.05, 3.63) is 45.7 Å². The van der Waals surface area contributed by atoms with E-state index in [1.165, 1.54) is 0 Å². The molecule has 0 aliphatic heterocycles. The predicted molar refractivity (Wildman–Crippen MR) is 80.6 cm³/mol. The monoisotopic (exact) mass is 364 g/mol. The van der Waals surface area contributed by atoms with Crippen LogP contribution in [0.5, 0.6) is 0 Å². The van der Waals surface area contributed by atoms with E-state index in [0.717, 1.165) is 14.8 Å². The fourth-order valence-electron chi connectivity index (χ4n) is 1.97. The highest BCUT2D eigenvalue weighted by atomic mass is 127. The molecule has 1 amide bonds. The van der Waals surface area contributed by atoms with Gasteiger partial charge in [0.25, 0.3) is 5.91 Å². The Bertz CT molecular complexity index is 767. The quantitative estimate of drug-likeness (QED) is 0.685. The van der Waals surface area contributed by atoms with Crippen LogP contribution in [-0.4, -0.2) is 21.1 Å². The lowest BCUT2D eigenvalue weighted by atomic mass is 10.1. The first-order chi connectivity index (χ1) is 9.18. The van der Waals surface area contributed by atoms with Gasteiger partial charge in [0.2, 0.25) is 0 Å². The Balaban J connectivity index is 2.38. The number of aromatic nitrogens is 3. The fraction of sp³-hybridized carbons (Fsp3) is 0. The van der Waals surface area contributed by atoms with Crippen molar-refractivity contribution in [1.29, 1.82) is 0 Å². The van der Waals surface area contributed by atoms with Gasteiger partial charge in [-0.3, -0.25) is 9.89 Å². The van der Waals surface area contributed by atoms with Crippen LogP contribution < -0.4 is 5.73 Å². The van der Waals surface area contributed by atoms with Crippen molar-refractivity contribution in [2.24, 2.45) is 5.73 Å². The second-order valence-electron chi connectivity index (χ2n) is 4.01. The Labute approximate surface area is 122 Å². The van der Waals surface area contributed by atoms with E-state index in [1.54, 1.807) is 6.20 Å². The van der Waals surface area contributed by atoms with Crippen molar-refractivity contribution in [3.63, 3.8) is 0 Å². The van der Waals surface area contributed by atoms with Crippen LogP contribution in [0, 0.1) is 3.57 Å². The van der Waals surface area contributed by atoms with E-state index in [4.69, 9.17) is 5.73 Å². The summed E-state index contributed by atoms with van der Waals surface area (Å²) in [6.45, 7) is 0. The normalized spacial score (nSPS) is 10.8. The Hall–Kier alpha value is -1.96. The molecule has 0 saturated heterocycles. The third-order valence-corrected chi connectivity index (χ3v) is 3.88. The zero-order valence-electron chi connectivity index (χ0n) is 9.72. The molecule has 0 unspecified atom stereocenters. The number of fused-ring (bicyclic) bond motifs is 1. The molecule has 0 saturated carbocycles. The van der Waals surface area contributed by atoms with Crippen LogP contribution in [0.15, 0.2) is 36.5 Å². The van der Waals surface area contributed by atoms with Gasteiger partial charge < -0.3 is 5.73 Å². The summed E-state index contributed by atoms with van der Waals surface area (Å²) in [5.41, 5.74) is 8.16. The van der Waals surface area contributed by atoms with Crippen molar-refractivity contribution in [3.8, 4) is 11.3 Å². The fourth-order valence-corrected chi connectivity index (χ4v) is 2.96. The maximum absolute atomic E-state index is 11.7. The van der Waals surface area contributed by atoms with Gasteiger partial charge in [0.05, 0.1) is 26.4 Å². The van der Waals surface area contributed by atoms with E-state index >= 15 is 0 Å². The van der Waals surface area contributed by atoms with Crippen LogP contribution in [0.1, 0.15) is 10.4 Å². The number of halogens is 1. The summed E-state index contributed by atoms with van der Waals surface area (Å²) in [5.74, 6) is -0.476. The zero-order chi connectivity index (χ0) is 13.4. The molecule has 5 nitrogen and oxygen atoms in total. The molecule has 1 aromatic carbocycles. The standard InChI is InChI=1S/C13H9IN4O/c14-10-9(12(15)19)8-6-16-18-13(8)17-11(10)7-4-2-1-3-5-7/h1-6H,(H2,15,19)(H,16,17,18). The first-order valence-electron chi connectivity index (χ1n) is 5.56.